The van der Waals surface area contributed by atoms with Gasteiger partial charge in [0, 0.05) is 32.5 Å². The Morgan fingerprint density at radius 1 is 1.22 bits per heavy atom. The largest absolute Gasteiger partial charge is 0.314 e. The van der Waals surface area contributed by atoms with E-state index in [1.165, 1.54) is 5.06 Å². The quantitative estimate of drug-likeness (QED) is 0.523. The van der Waals surface area contributed by atoms with Crippen LogP contribution in [0.1, 0.15) is 0 Å². The van der Waals surface area contributed by atoms with Crippen LogP contribution in [0.5, 0.6) is 0 Å². The lowest BCUT2D eigenvalue weighted by molar-refractivity contribution is -0.115. The smallest absolute Gasteiger partial charge is 0.0366 e. The molecule has 0 aliphatic carbocycles. The van der Waals surface area contributed by atoms with E-state index in [0.29, 0.717) is 0 Å². The minimum absolute atomic E-state index is 0.786. The highest BCUT2D eigenvalue weighted by molar-refractivity contribution is 7.16. The Balaban J connectivity index is 2.18. The van der Waals surface area contributed by atoms with Crippen molar-refractivity contribution in [3.8, 4) is 0 Å². The van der Waals surface area contributed by atoms with E-state index >= 15 is 0 Å². The molecule has 1 aliphatic heterocycles. The fourth-order valence-corrected chi connectivity index (χ4v) is 1.29. The zero-order valence-electron chi connectivity index (χ0n) is 5.45. The summed E-state index contributed by atoms with van der Waals surface area (Å²) in [5.74, 6) is 0. The van der Waals surface area contributed by atoms with Gasteiger partial charge in [-0.3, -0.25) is 4.90 Å². The Morgan fingerprint density at radius 2 is 1.78 bits per heavy atom. The lowest BCUT2D eigenvalue weighted by Gasteiger charge is -2.29. The van der Waals surface area contributed by atoms with E-state index in [9.17, 15) is 0 Å². The fraction of sp³-hybridized carbons (Fsp3) is 1.00. The van der Waals surface area contributed by atoms with Crippen molar-refractivity contribution in [2.75, 3.05) is 32.5 Å². The van der Waals surface area contributed by atoms with Gasteiger partial charge in [0.2, 0.25) is 0 Å². The van der Waals surface area contributed by atoms with Gasteiger partial charge < -0.3 is 5.21 Å². The van der Waals surface area contributed by atoms with Gasteiger partial charge in [0.15, 0.2) is 0 Å². The zero-order chi connectivity index (χ0) is 6.69. The van der Waals surface area contributed by atoms with Crippen LogP contribution in [0.2, 0.25) is 0 Å². The third kappa shape index (κ3) is 2.18. The van der Waals surface area contributed by atoms with Gasteiger partial charge >= 0.3 is 0 Å². The summed E-state index contributed by atoms with van der Waals surface area (Å²) in [6, 6.07) is 0. The summed E-state index contributed by atoms with van der Waals surface area (Å²) >= 11 is 0. The van der Waals surface area contributed by atoms with Crippen LogP contribution in [-0.4, -0.2) is 47.6 Å². The van der Waals surface area contributed by atoms with E-state index in [1.807, 2.05) is 0 Å². The third-order valence-electron chi connectivity index (χ3n) is 1.61. The Kier molecular flexibility index (Phi) is 2.86. The maximum atomic E-state index is 8.92. The molecule has 1 heterocycles. The molecule has 9 heavy (non-hydrogen) atoms. The normalized spacial score (nSPS) is 24.7. The molecule has 0 aromatic heterocycles. The second-order valence-electron chi connectivity index (χ2n) is 2.25. The van der Waals surface area contributed by atoms with Crippen LogP contribution < -0.4 is 0 Å². The van der Waals surface area contributed by atoms with Gasteiger partial charge in [0.25, 0.3) is 0 Å². The Bertz CT molecular complexity index is 83.0. The molecule has 1 atom stereocenters. The van der Waals surface area contributed by atoms with Crippen molar-refractivity contribution in [3.63, 3.8) is 0 Å². The average molecular weight is 148 g/mol. The standard InChI is InChI=1S/C5H13N2OP/c8-7-3-1-6(5-9)2-4-7/h8H,1-5,9H2. The number of hydroxylamine groups is 2. The molecule has 1 unspecified atom stereocenters. The SMILES string of the molecule is ON1CCN(CP)CC1. The van der Waals surface area contributed by atoms with Crippen LogP contribution in [0.4, 0.5) is 0 Å². The highest BCUT2D eigenvalue weighted by Crippen LogP contribution is 1.99. The van der Waals surface area contributed by atoms with Crippen molar-refractivity contribution >= 4 is 9.24 Å². The maximum Gasteiger partial charge on any atom is 0.0366 e. The van der Waals surface area contributed by atoms with E-state index in [-0.39, 0.29) is 0 Å². The summed E-state index contributed by atoms with van der Waals surface area (Å²) in [4.78, 5) is 2.29. The summed E-state index contributed by atoms with van der Waals surface area (Å²) in [6.45, 7) is 3.54. The van der Waals surface area contributed by atoms with Crippen LogP contribution in [0.25, 0.3) is 0 Å². The highest BCUT2D eigenvalue weighted by Gasteiger charge is 2.12. The molecule has 1 saturated heterocycles. The van der Waals surface area contributed by atoms with E-state index in [0.717, 1.165) is 32.5 Å². The average Bonchev–Trinajstić information content (AvgIpc) is 1.90. The molecule has 1 N–H and O–H groups in total. The lowest BCUT2D eigenvalue weighted by atomic mass is 10.4. The number of hydrogen-bond acceptors (Lipinski definition) is 3. The molecule has 3 nitrogen and oxygen atoms in total. The van der Waals surface area contributed by atoms with Crippen LogP contribution in [-0.2, 0) is 0 Å². The molecule has 0 bridgehead atoms. The minimum Gasteiger partial charge on any atom is -0.314 e. The minimum atomic E-state index is 0.786. The molecular weight excluding hydrogens is 135 g/mol. The first kappa shape index (κ1) is 7.42. The predicted octanol–water partition coefficient (Wildman–Crippen LogP) is -0.174. The first-order chi connectivity index (χ1) is 4.33. The molecule has 0 radical (unpaired) electrons. The van der Waals surface area contributed by atoms with Crippen molar-refractivity contribution in [1.29, 1.82) is 0 Å². The first-order valence-corrected chi connectivity index (χ1v) is 4.01. The van der Waals surface area contributed by atoms with E-state index < -0.39 is 0 Å². The molecule has 0 spiro atoms. The maximum absolute atomic E-state index is 8.92. The van der Waals surface area contributed by atoms with Crippen molar-refractivity contribution in [2.45, 2.75) is 0 Å². The molecule has 1 aliphatic rings. The van der Waals surface area contributed by atoms with Gasteiger partial charge in [-0.05, 0) is 0 Å². The number of piperazine rings is 1. The van der Waals surface area contributed by atoms with Gasteiger partial charge in [-0.15, -0.1) is 9.24 Å². The van der Waals surface area contributed by atoms with Crippen molar-refractivity contribution in [1.82, 2.24) is 9.96 Å². The topological polar surface area (TPSA) is 26.7 Å². The predicted molar refractivity (Wildman–Crippen MR) is 39.5 cm³/mol. The third-order valence-corrected chi connectivity index (χ3v) is 2.12. The molecule has 0 saturated carbocycles. The molecular formula is C5H13N2OP. The molecule has 0 amide bonds. The first-order valence-electron chi connectivity index (χ1n) is 3.19. The second-order valence-corrected chi connectivity index (χ2v) is 2.62. The summed E-state index contributed by atoms with van der Waals surface area (Å²) < 4.78 is 0. The Labute approximate surface area is 57.8 Å². The van der Waals surface area contributed by atoms with Crippen LogP contribution >= 0.6 is 9.24 Å². The van der Waals surface area contributed by atoms with E-state index in [4.69, 9.17) is 5.21 Å². The van der Waals surface area contributed by atoms with Gasteiger partial charge in [-0.1, -0.05) is 0 Å². The van der Waals surface area contributed by atoms with E-state index in [1.54, 1.807) is 0 Å². The molecule has 0 aromatic carbocycles. The van der Waals surface area contributed by atoms with Crippen molar-refractivity contribution in [2.24, 2.45) is 0 Å². The summed E-state index contributed by atoms with van der Waals surface area (Å²) in [6.07, 6.45) is 1.02. The van der Waals surface area contributed by atoms with Crippen molar-refractivity contribution in [3.05, 3.63) is 0 Å². The zero-order valence-corrected chi connectivity index (χ0v) is 6.61. The fourth-order valence-electron chi connectivity index (χ4n) is 0.920. The van der Waals surface area contributed by atoms with Crippen molar-refractivity contribution < 1.29 is 5.21 Å². The number of rotatable bonds is 1. The van der Waals surface area contributed by atoms with Gasteiger partial charge in [-0.2, -0.15) is 5.06 Å². The highest BCUT2D eigenvalue weighted by atomic mass is 31.0. The van der Waals surface area contributed by atoms with E-state index in [2.05, 4.69) is 14.1 Å². The molecule has 1 rings (SSSR count). The Hall–Kier alpha value is 0.310. The van der Waals surface area contributed by atoms with Gasteiger partial charge in [-0.25, -0.2) is 0 Å². The van der Waals surface area contributed by atoms with Crippen LogP contribution in [0.15, 0.2) is 0 Å². The van der Waals surface area contributed by atoms with Crippen LogP contribution in [0, 0.1) is 0 Å². The lowest BCUT2D eigenvalue weighted by Crippen LogP contribution is -2.43. The van der Waals surface area contributed by atoms with Crippen LogP contribution in [0.3, 0.4) is 0 Å². The molecule has 0 aromatic rings. The van der Waals surface area contributed by atoms with Gasteiger partial charge in [0.05, 0.1) is 0 Å². The second kappa shape index (κ2) is 3.47. The number of hydrogen-bond donors (Lipinski definition) is 1. The molecule has 54 valence electrons. The summed E-state index contributed by atoms with van der Waals surface area (Å²) in [5, 5.41) is 10.3. The monoisotopic (exact) mass is 148 g/mol. The summed E-state index contributed by atoms with van der Waals surface area (Å²) in [5.41, 5.74) is 0. The molecule has 4 heteroatoms. The number of nitrogens with zero attached hydrogens (tertiary/aromatic N) is 2. The molecule has 1 fully saturated rings. The Morgan fingerprint density at radius 3 is 2.22 bits per heavy atom. The van der Waals surface area contributed by atoms with Gasteiger partial charge in [0.1, 0.15) is 0 Å². The summed E-state index contributed by atoms with van der Waals surface area (Å²) in [7, 11) is 2.68.